The van der Waals surface area contributed by atoms with E-state index in [0.29, 0.717) is 12.3 Å². The Labute approximate surface area is 89.2 Å². The van der Waals surface area contributed by atoms with Gasteiger partial charge in [-0.2, -0.15) is 0 Å². The maximum atomic E-state index is 10.5. The summed E-state index contributed by atoms with van der Waals surface area (Å²) < 4.78 is 0. The van der Waals surface area contributed by atoms with Gasteiger partial charge < -0.3 is 5.11 Å². The van der Waals surface area contributed by atoms with Gasteiger partial charge in [-0.1, -0.05) is 12.5 Å². The summed E-state index contributed by atoms with van der Waals surface area (Å²) in [6.07, 6.45) is 6.30. The highest BCUT2D eigenvalue weighted by molar-refractivity contribution is 5.67. The summed E-state index contributed by atoms with van der Waals surface area (Å²) in [6, 6.07) is 3.89. The van der Waals surface area contributed by atoms with Gasteiger partial charge in [0, 0.05) is 24.2 Å². The molecule has 1 aromatic heterocycles. The molecule has 0 unspecified atom stereocenters. The third kappa shape index (κ3) is 2.35. The maximum absolute atomic E-state index is 10.5. The molecule has 2 rings (SSSR count). The average Bonchev–Trinajstić information content (AvgIpc) is 2.14. The van der Waals surface area contributed by atoms with E-state index in [1.54, 1.807) is 6.20 Å². The van der Waals surface area contributed by atoms with Gasteiger partial charge in [0.1, 0.15) is 0 Å². The van der Waals surface area contributed by atoms with E-state index < -0.39 is 5.97 Å². The zero-order valence-electron chi connectivity index (χ0n) is 8.65. The smallest absolute Gasteiger partial charge is 0.303 e. The number of aromatic nitrogens is 1. The number of nitrogens with zero attached hydrogens (tertiary/aromatic N) is 1. The average molecular weight is 205 g/mol. The number of aliphatic carboxylic acids is 1. The number of carbonyl (C=O) groups is 1. The molecule has 80 valence electrons. The molecular formula is C12H15NO2. The number of rotatable bonds is 4. The predicted molar refractivity (Wildman–Crippen MR) is 56.8 cm³/mol. The first-order valence-electron chi connectivity index (χ1n) is 5.43. The Morgan fingerprint density at radius 3 is 2.93 bits per heavy atom. The molecule has 1 heterocycles. The lowest BCUT2D eigenvalue weighted by atomic mass is 9.80. The van der Waals surface area contributed by atoms with E-state index in [1.807, 2.05) is 12.1 Å². The standard InChI is InChI=1S/C12H15NO2/c14-11(15)7-6-10-5-2-8-13-12(10)9-3-1-4-9/h2,5,8-9H,1,3-4,6-7H2,(H,14,15). The molecule has 0 aliphatic heterocycles. The van der Waals surface area contributed by atoms with Crippen LogP contribution in [0.3, 0.4) is 0 Å². The molecule has 1 aromatic rings. The van der Waals surface area contributed by atoms with Crippen molar-refractivity contribution in [1.29, 1.82) is 0 Å². The van der Waals surface area contributed by atoms with Gasteiger partial charge in [0.25, 0.3) is 0 Å². The fourth-order valence-corrected chi connectivity index (χ4v) is 1.95. The highest BCUT2D eigenvalue weighted by atomic mass is 16.4. The topological polar surface area (TPSA) is 50.2 Å². The van der Waals surface area contributed by atoms with E-state index in [9.17, 15) is 4.79 Å². The van der Waals surface area contributed by atoms with Gasteiger partial charge in [-0.05, 0) is 30.9 Å². The van der Waals surface area contributed by atoms with E-state index >= 15 is 0 Å². The molecule has 1 aliphatic carbocycles. The van der Waals surface area contributed by atoms with Crippen molar-refractivity contribution < 1.29 is 9.90 Å². The summed E-state index contributed by atoms with van der Waals surface area (Å²) in [5.74, 6) is -0.159. The second kappa shape index (κ2) is 4.43. The van der Waals surface area contributed by atoms with Gasteiger partial charge in [-0.3, -0.25) is 9.78 Å². The highest BCUT2D eigenvalue weighted by Gasteiger charge is 2.23. The van der Waals surface area contributed by atoms with Gasteiger partial charge in [0.2, 0.25) is 0 Å². The summed E-state index contributed by atoms with van der Waals surface area (Å²) in [7, 11) is 0. The third-order valence-corrected chi connectivity index (χ3v) is 3.03. The van der Waals surface area contributed by atoms with Crippen LogP contribution < -0.4 is 0 Å². The third-order valence-electron chi connectivity index (χ3n) is 3.03. The molecule has 0 radical (unpaired) electrons. The van der Waals surface area contributed by atoms with Gasteiger partial charge in [0.05, 0.1) is 0 Å². The largest absolute Gasteiger partial charge is 0.481 e. The van der Waals surface area contributed by atoms with Crippen molar-refractivity contribution >= 4 is 5.97 Å². The molecule has 1 N–H and O–H groups in total. The van der Waals surface area contributed by atoms with Gasteiger partial charge in [-0.25, -0.2) is 0 Å². The van der Waals surface area contributed by atoms with Crippen LogP contribution in [-0.4, -0.2) is 16.1 Å². The Morgan fingerprint density at radius 1 is 1.53 bits per heavy atom. The van der Waals surface area contributed by atoms with Gasteiger partial charge in [-0.15, -0.1) is 0 Å². The minimum Gasteiger partial charge on any atom is -0.481 e. The number of hydrogen-bond donors (Lipinski definition) is 1. The molecule has 3 nitrogen and oxygen atoms in total. The fraction of sp³-hybridized carbons (Fsp3) is 0.500. The monoisotopic (exact) mass is 205 g/mol. The number of aryl methyl sites for hydroxylation is 1. The number of carboxylic acids is 1. The Kier molecular flexibility index (Phi) is 2.99. The lowest BCUT2D eigenvalue weighted by Gasteiger charge is -2.26. The normalized spacial score (nSPS) is 16.0. The van der Waals surface area contributed by atoms with Crippen LogP contribution in [0.1, 0.15) is 42.9 Å². The number of pyridine rings is 1. The van der Waals surface area contributed by atoms with E-state index in [4.69, 9.17) is 5.11 Å². The van der Waals surface area contributed by atoms with Crippen molar-refractivity contribution in [3.63, 3.8) is 0 Å². The molecule has 0 amide bonds. The van der Waals surface area contributed by atoms with Gasteiger partial charge >= 0.3 is 5.97 Å². The Morgan fingerprint density at radius 2 is 2.33 bits per heavy atom. The maximum Gasteiger partial charge on any atom is 0.303 e. The predicted octanol–water partition coefficient (Wildman–Crippen LogP) is 2.37. The molecule has 0 spiro atoms. The summed E-state index contributed by atoms with van der Waals surface area (Å²) in [5, 5.41) is 8.66. The molecule has 0 saturated heterocycles. The highest BCUT2D eigenvalue weighted by Crippen LogP contribution is 2.36. The van der Waals surface area contributed by atoms with E-state index in [2.05, 4.69) is 4.98 Å². The first-order chi connectivity index (χ1) is 7.27. The lowest BCUT2D eigenvalue weighted by Crippen LogP contribution is -2.13. The van der Waals surface area contributed by atoms with Crippen molar-refractivity contribution in [3.8, 4) is 0 Å². The van der Waals surface area contributed by atoms with Crippen LogP contribution in [0.2, 0.25) is 0 Å². The van der Waals surface area contributed by atoms with Crippen molar-refractivity contribution in [2.24, 2.45) is 0 Å². The van der Waals surface area contributed by atoms with Crippen LogP contribution in [0.15, 0.2) is 18.3 Å². The molecule has 0 bridgehead atoms. The van der Waals surface area contributed by atoms with Gasteiger partial charge in [0.15, 0.2) is 0 Å². The van der Waals surface area contributed by atoms with Crippen molar-refractivity contribution in [2.45, 2.75) is 38.0 Å². The van der Waals surface area contributed by atoms with Crippen molar-refractivity contribution in [3.05, 3.63) is 29.6 Å². The quantitative estimate of drug-likeness (QED) is 0.820. The summed E-state index contributed by atoms with van der Waals surface area (Å²) in [5.41, 5.74) is 2.24. The van der Waals surface area contributed by atoms with E-state index in [0.717, 1.165) is 11.3 Å². The summed E-state index contributed by atoms with van der Waals surface area (Å²) >= 11 is 0. The Bertz CT molecular complexity index is 358. The Hall–Kier alpha value is -1.38. The molecule has 3 heteroatoms. The second-order valence-electron chi connectivity index (χ2n) is 4.07. The first kappa shape index (κ1) is 10.1. The molecule has 1 saturated carbocycles. The molecule has 1 aliphatic rings. The molecule has 0 atom stereocenters. The number of carboxylic acid groups (broad SMARTS) is 1. The number of hydrogen-bond acceptors (Lipinski definition) is 2. The lowest BCUT2D eigenvalue weighted by molar-refractivity contribution is -0.136. The first-order valence-corrected chi connectivity index (χ1v) is 5.43. The van der Waals surface area contributed by atoms with E-state index in [-0.39, 0.29) is 6.42 Å². The second-order valence-corrected chi connectivity index (χ2v) is 4.07. The molecule has 0 aromatic carbocycles. The van der Waals surface area contributed by atoms with Crippen LogP contribution in [0, 0.1) is 0 Å². The SMILES string of the molecule is O=C(O)CCc1cccnc1C1CCC1. The van der Waals surface area contributed by atoms with Crippen LogP contribution in [0.25, 0.3) is 0 Å². The summed E-state index contributed by atoms with van der Waals surface area (Å²) in [4.78, 5) is 14.9. The molecule has 15 heavy (non-hydrogen) atoms. The van der Waals surface area contributed by atoms with Crippen LogP contribution in [0.4, 0.5) is 0 Å². The van der Waals surface area contributed by atoms with Crippen molar-refractivity contribution in [2.75, 3.05) is 0 Å². The zero-order chi connectivity index (χ0) is 10.7. The molecular weight excluding hydrogens is 190 g/mol. The Balaban J connectivity index is 2.10. The summed E-state index contributed by atoms with van der Waals surface area (Å²) in [6.45, 7) is 0. The zero-order valence-corrected chi connectivity index (χ0v) is 8.65. The van der Waals surface area contributed by atoms with Crippen LogP contribution in [-0.2, 0) is 11.2 Å². The van der Waals surface area contributed by atoms with E-state index in [1.165, 1.54) is 19.3 Å². The van der Waals surface area contributed by atoms with Crippen LogP contribution >= 0.6 is 0 Å². The molecule has 1 fully saturated rings. The fourth-order valence-electron chi connectivity index (χ4n) is 1.95. The van der Waals surface area contributed by atoms with Crippen LogP contribution in [0.5, 0.6) is 0 Å². The minimum absolute atomic E-state index is 0.200. The minimum atomic E-state index is -0.738. The van der Waals surface area contributed by atoms with Crippen molar-refractivity contribution in [1.82, 2.24) is 4.98 Å².